The average Bonchev–Trinajstić information content (AvgIpc) is 2.83. The summed E-state index contributed by atoms with van der Waals surface area (Å²) in [5.41, 5.74) is 1.05. The minimum Gasteiger partial charge on any atom is -0.497 e. The molecule has 4 rings (SSSR count). The van der Waals surface area contributed by atoms with Crippen LogP contribution >= 0.6 is 0 Å². The third kappa shape index (κ3) is 4.49. The molecule has 1 aliphatic rings. The van der Waals surface area contributed by atoms with Crippen LogP contribution in [-0.2, 0) is 14.8 Å². The lowest BCUT2D eigenvalue weighted by molar-refractivity contribution is -0.126. The number of methoxy groups -OCH3 is 1. The van der Waals surface area contributed by atoms with E-state index in [-0.39, 0.29) is 29.3 Å². The summed E-state index contributed by atoms with van der Waals surface area (Å²) in [4.78, 5) is 13.3. The number of nitrogens with zero attached hydrogens (tertiary/aromatic N) is 1. The van der Waals surface area contributed by atoms with E-state index >= 15 is 0 Å². The van der Waals surface area contributed by atoms with Gasteiger partial charge in [0.2, 0.25) is 15.9 Å². The van der Waals surface area contributed by atoms with Crippen molar-refractivity contribution < 1.29 is 17.9 Å². The summed E-state index contributed by atoms with van der Waals surface area (Å²) in [5.74, 6) is 0.108. The summed E-state index contributed by atoms with van der Waals surface area (Å²) in [6, 6.07) is 20.3. The first kappa shape index (κ1) is 22.3. The van der Waals surface area contributed by atoms with Crippen LogP contribution in [0, 0.1) is 5.92 Å². The van der Waals surface area contributed by atoms with Gasteiger partial charge in [-0.2, -0.15) is 4.31 Å². The Balaban J connectivity index is 1.47. The van der Waals surface area contributed by atoms with Crippen molar-refractivity contribution in [2.24, 2.45) is 5.92 Å². The molecule has 1 saturated heterocycles. The Morgan fingerprint density at radius 3 is 2.53 bits per heavy atom. The monoisotopic (exact) mass is 452 g/mol. The summed E-state index contributed by atoms with van der Waals surface area (Å²) in [6.45, 7) is 2.56. The fraction of sp³-hybridized carbons (Fsp3) is 0.320. The van der Waals surface area contributed by atoms with Crippen molar-refractivity contribution in [3.8, 4) is 5.75 Å². The molecule has 0 radical (unpaired) electrons. The van der Waals surface area contributed by atoms with Gasteiger partial charge in [0.25, 0.3) is 0 Å². The number of sulfonamides is 1. The van der Waals surface area contributed by atoms with Gasteiger partial charge in [0.15, 0.2) is 0 Å². The minimum absolute atomic E-state index is 0.111. The average molecular weight is 453 g/mol. The molecule has 1 fully saturated rings. The number of ether oxygens (including phenoxy) is 1. The third-order valence-corrected chi connectivity index (χ3v) is 7.98. The van der Waals surface area contributed by atoms with Gasteiger partial charge in [0, 0.05) is 13.1 Å². The van der Waals surface area contributed by atoms with Crippen LogP contribution in [0.2, 0.25) is 0 Å². The number of nitrogens with one attached hydrogen (secondary N) is 1. The lowest BCUT2D eigenvalue weighted by atomic mass is 9.96. The molecule has 0 aliphatic carbocycles. The van der Waals surface area contributed by atoms with Crippen molar-refractivity contribution in [2.75, 3.05) is 20.2 Å². The molecule has 32 heavy (non-hydrogen) atoms. The third-order valence-electron chi connectivity index (χ3n) is 6.10. The van der Waals surface area contributed by atoms with Gasteiger partial charge in [-0.1, -0.05) is 42.5 Å². The first-order valence-electron chi connectivity index (χ1n) is 10.8. The van der Waals surface area contributed by atoms with Crippen LogP contribution in [0.25, 0.3) is 10.8 Å². The second-order valence-electron chi connectivity index (χ2n) is 8.18. The van der Waals surface area contributed by atoms with Crippen molar-refractivity contribution in [1.82, 2.24) is 9.62 Å². The van der Waals surface area contributed by atoms with Gasteiger partial charge in [0.05, 0.1) is 24.0 Å². The molecule has 1 N–H and O–H groups in total. The predicted molar refractivity (Wildman–Crippen MR) is 125 cm³/mol. The zero-order valence-electron chi connectivity index (χ0n) is 18.3. The standard InChI is InChI=1S/C25H28N2O4S/c1-18(23-11-5-8-19-7-3-4-10-24(19)23)26-25(28)20-9-6-16-27(17-20)32(29,30)22-14-12-21(31-2)13-15-22/h3-5,7-8,10-15,18,20H,6,9,16-17H2,1-2H3,(H,26,28). The van der Waals surface area contributed by atoms with E-state index < -0.39 is 10.0 Å². The van der Waals surface area contributed by atoms with Crippen LogP contribution in [0.4, 0.5) is 0 Å². The van der Waals surface area contributed by atoms with Crippen molar-refractivity contribution in [1.29, 1.82) is 0 Å². The molecule has 0 saturated carbocycles. The normalized spacial score (nSPS) is 18.2. The zero-order valence-corrected chi connectivity index (χ0v) is 19.1. The van der Waals surface area contributed by atoms with E-state index in [1.165, 1.54) is 11.4 Å². The largest absolute Gasteiger partial charge is 0.497 e. The summed E-state index contributed by atoms with van der Waals surface area (Å²) in [7, 11) is -2.13. The Bertz CT molecular complexity index is 1200. The maximum Gasteiger partial charge on any atom is 0.243 e. The highest BCUT2D eigenvalue weighted by Crippen LogP contribution is 2.27. The Morgan fingerprint density at radius 2 is 1.78 bits per heavy atom. The van der Waals surface area contributed by atoms with Crippen LogP contribution in [0.1, 0.15) is 31.4 Å². The number of carbonyl (C=O) groups excluding carboxylic acids is 1. The fourth-order valence-electron chi connectivity index (χ4n) is 4.31. The molecule has 1 aliphatic heterocycles. The number of hydrogen-bond donors (Lipinski definition) is 1. The second kappa shape index (κ2) is 9.30. The first-order valence-corrected chi connectivity index (χ1v) is 12.3. The minimum atomic E-state index is -3.67. The maximum absolute atomic E-state index is 13.1. The van der Waals surface area contributed by atoms with E-state index in [0.29, 0.717) is 25.1 Å². The van der Waals surface area contributed by atoms with Crippen molar-refractivity contribution in [2.45, 2.75) is 30.7 Å². The topological polar surface area (TPSA) is 75.7 Å². The van der Waals surface area contributed by atoms with E-state index in [9.17, 15) is 13.2 Å². The van der Waals surface area contributed by atoms with E-state index in [0.717, 1.165) is 16.3 Å². The summed E-state index contributed by atoms with van der Waals surface area (Å²) < 4.78 is 32.7. The molecule has 1 heterocycles. The highest BCUT2D eigenvalue weighted by Gasteiger charge is 2.33. The molecule has 168 valence electrons. The Hall–Kier alpha value is -2.90. The number of hydrogen-bond acceptors (Lipinski definition) is 4. The molecule has 3 aromatic rings. The number of amides is 1. The van der Waals surface area contributed by atoms with E-state index in [1.54, 1.807) is 24.3 Å². The smallest absolute Gasteiger partial charge is 0.243 e. The van der Waals surface area contributed by atoms with Gasteiger partial charge in [-0.25, -0.2) is 8.42 Å². The highest BCUT2D eigenvalue weighted by molar-refractivity contribution is 7.89. The van der Waals surface area contributed by atoms with Crippen LogP contribution in [-0.4, -0.2) is 38.8 Å². The van der Waals surface area contributed by atoms with E-state index in [2.05, 4.69) is 23.5 Å². The molecule has 3 aromatic carbocycles. The molecule has 6 nitrogen and oxygen atoms in total. The zero-order chi connectivity index (χ0) is 22.7. The van der Waals surface area contributed by atoms with Gasteiger partial charge in [-0.15, -0.1) is 0 Å². The van der Waals surface area contributed by atoms with E-state index in [1.807, 2.05) is 31.2 Å². The van der Waals surface area contributed by atoms with Gasteiger partial charge >= 0.3 is 0 Å². The molecule has 2 atom stereocenters. The number of fused-ring (bicyclic) bond motifs is 1. The van der Waals surface area contributed by atoms with Crippen LogP contribution < -0.4 is 10.1 Å². The van der Waals surface area contributed by atoms with E-state index in [4.69, 9.17) is 4.74 Å². The molecular formula is C25H28N2O4S. The Morgan fingerprint density at radius 1 is 1.06 bits per heavy atom. The predicted octanol–water partition coefficient (Wildman–Crippen LogP) is 4.13. The quantitative estimate of drug-likeness (QED) is 0.610. The van der Waals surface area contributed by atoms with Crippen molar-refractivity contribution in [3.05, 3.63) is 72.3 Å². The van der Waals surface area contributed by atoms with Crippen molar-refractivity contribution >= 4 is 26.7 Å². The molecule has 7 heteroatoms. The molecule has 0 spiro atoms. The lowest BCUT2D eigenvalue weighted by Gasteiger charge is -2.32. The van der Waals surface area contributed by atoms with Crippen molar-refractivity contribution in [3.63, 3.8) is 0 Å². The lowest BCUT2D eigenvalue weighted by Crippen LogP contribution is -2.45. The summed E-state index contributed by atoms with van der Waals surface area (Å²) in [6.07, 6.45) is 1.32. The summed E-state index contributed by atoms with van der Waals surface area (Å²) >= 11 is 0. The highest BCUT2D eigenvalue weighted by atomic mass is 32.2. The number of rotatable bonds is 6. The molecular weight excluding hydrogens is 424 g/mol. The van der Waals surface area contributed by atoms with Crippen LogP contribution in [0.5, 0.6) is 5.75 Å². The maximum atomic E-state index is 13.1. The SMILES string of the molecule is COc1ccc(S(=O)(=O)N2CCCC(C(=O)NC(C)c3cccc4ccccc34)C2)cc1. The fourth-order valence-corrected chi connectivity index (χ4v) is 5.83. The van der Waals surface area contributed by atoms with Gasteiger partial charge in [-0.3, -0.25) is 4.79 Å². The molecule has 2 unspecified atom stereocenters. The first-order chi connectivity index (χ1) is 15.4. The molecule has 1 amide bonds. The van der Waals surface area contributed by atoms with Gasteiger partial charge in [-0.05, 0) is 60.4 Å². The summed E-state index contributed by atoms with van der Waals surface area (Å²) in [5, 5.41) is 5.34. The second-order valence-corrected chi connectivity index (χ2v) is 10.1. The van der Waals surface area contributed by atoms with Gasteiger partial charge < -0.3 is 10.1 Å². The molecule has 0 aromatic heterocycles. The Labute approximate surface area is 189 Å². The number of benzene rings is 3. The number of piperidine rings is 1. The van der Waals surface area contributed by atoms with Gasteiger partial charge in [0.1, 0.15) is 5.75 Å². The van der Waals surface area contributed by atoms with Crippen LogP contribution in [0.15, 0.2) is 71.6 Å². The number of carbonyl (C=O) groups is 1. The molecule has 0 bridgehead atoms. The Kier molecular flexibility index (Phi) is 6.48. The van der Waals surface area contributed by atoms with Crippen LogP contribution in [0.3, 0.4) is 0 Å².